The molecule has 0 unspecified atom stereocenters. The highest BCUT2D eigenvalue weighted by Crippen LogP contribution is 2.16. The van der Waals surface area contributed by atoms with Gasteiger partial charge in [-0.05, 0) is 26.0 Å². The number of carbonyl (C=O) groups is 1. The lowest BCUT2D eigenvalue weighted by Gasteiger charge is -2.13. The SMILES string of the molecule is CC1(C)COC(=CC(=O)c2ccncc2)N1. The molecule has 1 aromatic rings. The van der Waals surface area contributed by atoms with Crippen LogP contribution in [0.1, 0.15) is 24.2 Å². The van der Waals surface area contributed by atoms with Crippen LogP contribution in [-0.2, 0) is 4.74 Å². The summed E-state index contributed by atoms with van der Waals surface area (Å²) in [6.45, 7) is 4.61. The van der Waals surface area contributed by atoms with Crippen LogP contribution in [0.2, 0.25) is 0 Å². The zero-order valence-corrected chi connectivity index (χ0v) is 9.36. The molecule has 1 N–H and O–H groups in total. The Morgan fingerprint density at radius 2 is 2.19 bits per heavy atom. The van der Waals surface area contributed by atoms with Gasteiger partial charge in [0.15, 0.2) is 11.7 Å². The van der Waals surface area contributed by atoms with Crippen LogP contribution in [0, 0.1) is 0 Å². The van der Waals surface area contributed by atoms with E-state index < -0.39 is 0 Å². The third kappa shape index (κ3) is 2.39. The van der Waals surface area contributed by atoms with Gasteiger partial charge in [-0.1, -0.05) is 0 Å². The Morgan fingerprint density at radius 1 is 1.50 bits per heavy atom. The molecule has 4 nitrogen and oxygen atoms in total. The van der Waals surface area contributed by atoms with Crippen molar-refractivity contribution in [1.82, 2.24) is 10.3 Å². The van der Waals surface area contributed by atoms with Crippen LogP contribution in [-0.4, -0.2) is 22.9 Å². The first kappa shape index (κ1) is 10.7. The fourth-order valence-corrected chi connectivity index (χ4v) is 1.46. The number of rotatable bonds is 2. The van der Waals surface area contributed by atoms with E-state index in [1.54, 1.807) is 24.5 Å². The van der Waals surface area contributed by atoms with Gasteiger partial charge in [-0.25, -0.2) is 0 Å². The minimum absolute atomic E-state index is 0.0809. The Balaban J connectivity index is 2.11. The standard InChI is InChI=1S/C12H14N2O2/c1-12(2)8-16-11(14-12)7-10(15)9-3-5-13-6-4-9/h3-7,14H,8H2,1-2H3. The molecule has 0 saturated carbocycles. The molecule has 1 fully saturated rings. The van der Waals surface area contributed by atoms with Gasteiger partial charge in [0, 0.05) is 24.0 Å². The van der Waals surface area contributed by atoms with Crippen molar-refractivity contribution in [2.75, 3.05) is 6.61 Å². The van der Waals surface area contributed by atoms with Crippen LogP contribution in [0.5, 0.6) is 0 Å². The van der Waals surface area contributed by atoms with E-state index in [0.717, 1.165) is 0 Å². The van der Waals surface area contributed by atoms with Gasteiger partial charge in [-0.2, -0.15) is 0 Å². The van der Waals surface area contributed by atoms with Crippen LogP contribution in [0.4, 0.5) is 0 Å². The molecule has 16 heavy (non-hydrogen) atoms. The summed E-state index contributed by atoms with van der Waals surface area (Å²) in [7, 11) is 0. The minimum Gasteiger partial charge on any atom is -0.477 e. The number of hydrogen-bond acceptors (Lipinski definition) is 4. The predicted octanol–water partition coefficient (Wildman–Crippen LogP) is 1.50. The molecule has 0 amide bonds. The molecule has 4 heteroatoms. The molecule has 1 aromatic heterocycles. The Bertz CT molecular complexity index is 424. The van der Waals surface area contributed by atoms with Crippen molar-refractivity contribution >= 4 is 5.78 Å². The van der Waals surface area contributed by atoms with E-state index >= 15 is 0 Å². The first-order chi connectivity index (χ1) is 7.57. The van der Waals surface area contributed by atoms with E-state index in [1.165, 1.54) is 6.08 Å². The van der Waals surface area contributed by atoms with Crippen LogP contribution in [0.25, 0.3) is 0 Å². The second-order valence-corrected chi connectivity index (χ2v) is 4.41. The molecule has 1 aliphatic rings. The highest BCUT2D eigenvalue weighted by molar-refractivity contribution is 6.04. The Hall–Kier alpha value is -1.84. The van der Waals surface area contributed by atoms with Crippen molar-refractivity contribution in [2.45, 2.75) is 19.4 Å². The normalized spacial score (nSPS) is 20.2. The average Bonchev–Trinajstić information content (AvgIpc) is 2.59. The number of ketones is 1. The molecule has 1 saturated heterocycles. The summed E-state index contributed by atoms with van der Waals surface area (Å²) >= 11 is 0. The highest BCUT2D eigenvalue weighted by atomic mass is 16.5. The van der Waals surface area contributed by atoms with Crippen LogP contribution >= 0.6 is 0 Å². The van der Waals surface area contributed by atoms with Crippen molar-refractivity contribution in [1.29, 1.82) is 0 Å². The van der Waals surface area contributed by atoms with Crippen molar-refractivity contribution in [3.63, 3.8) is 0 Å². The zero-order valence-electron chi connectivity index (χ0n) is 9.36. The quantitative estimate of drug-likeness (QED) is 0.603. The van der Waals surface area contributed by atoms with E-state index in [0.29, 0.717) is 18.1 Å². The molecule has 0 radical (unpaired) electrons. The Morgan fingerprint density at radius 3 is 2.75 bits per heavy atom. The molecule has 0 spiro atoms. The van der Waals surface area contributed by atoms with Crippen molar-refractivity contribution in [3.05, 3.63) is 42.0 Å². The maximum Gasteiger partial charge on any atom is 0.191 e. The monoisotopic (exact) mass is 218 g/mol. The Kier molecular flexibility index (Phi) is 2.64. The number of ether oxygens (including phenoxy) is 1. The molecule has 0 aliphatic carbocycles. The van der Waals surface area contributed by atoms with Crippen LogP contribution < -0.4 is 5.32 Å². The van der Waals surface area contributed by atoms with Crippen LogP contribution in [0.3, 0.4) is 0 Å². The molecular weight excluding hydrogens is 204 g/mol. The summed E-state index contributed by atoms with van der Waals surface area (Å²) in [5, 5.41) is 3.13. The fraction of sp³-hybridized carbons (Fsp3) is 0.333. The van der Waals surface area contributed by atoms with Crippen LogP contribution in [0.15, 0.2) is 36.5 Å². The van der Waals surface area contributed by atoms with Crippen molar-refractivity contribution in [2.24, 2.45) is 0 Å². The lowest BCUT2D eigenvalue weighted by atomic mass is 10.1. The van der Waals surface area contributed by atoms with E-state index in [9.17, 15) is 4.79 Å². The maximum atomic E-state index is 11.8. The van der Waals surface area contributed by atoms with Gasteiger partial charge in [-0.15, -0.1) is 0 Å². The molecule has 84 valence electrons. The molecular formula is C12H14N2O2. The molecule has 1 aliphatic heterocycles. The number of nitrogens with zero attached hydrogens (tertiary/aromatic N) is 1. The number of pyridine rings is 1. The first-order valence-electron chi connectivity index (χ1n) is 5.14. The highest BCUT2D eigenvalue weighted by Gasteiger charge is 2.27. The number of aromatic nitrogens is 1. The lowest BCUT2D eigenvalue weighted by molar-refractivity contribution is 0.104. The predicted molar refractivity (Wildman–Crippen MR) is 59.8 cm³/mol. The number of nitrogens with one attached hydrogen (secondary N) is 1. The topological polar surface area (TPSA) is 51.2 Å². The summed E-state index contributed by atoms with van der Waals surface area (Å²) in [5.74, 6) is 0.453. The van der Waals surface area contributed by atoms with Gasteiger partial charge in [-0.3, -0.25) is 9.78 Å². The third-order valence-electron chi connectivity index (χ3n) is 2.28. The molecule has 0 aromatic carbocycles. The molecule has 0 atom stereocenters. The summed E-state index contributed by atoms with van der Waals surface area (Å²) in [6.07, 6.45) is 4.67. The summed E-state index contributed by atoms with van der Waals surface area (Å²) in [5.41, 5.74) is 0.502. The molecule has 2 heterocycles. The largest absolute Gasteiger partial charge is 0.477 e. The fourth-order valence-electron chi connectivity index (χ4n) is 1.46. The lowest BCUT2D eigenvalue weighted by Crippen LogP contribution is -2.34. The summed E-state index contributed by atoms with van der Waals surface area (Å²) in [6, 6.07) is 3.36. The summed E-state index contributed by atoms with van der Waals surface area (Å²) < 4.78 is 5.37. The van der Waals surface area contributed by atoms with Gasteiger partial charge in [0.25, 0.3) is 0 Å². The maximum absolute atomic E-state index is 11.8. The van der Waals surface area contributed by atoms with Gasteiger partial charge >= 0.3 is 0 Å². The second kappa shape index (κ2) is 3.96. The van der Waals surface area contributed by atoms with E-state index in [-0.39, 0.29) is 11.3 Å². The van der Waals surface area contributed by atoms with Crippen molar-refractivity contribution < 1.29 is 9.53 Å². The zero-order chi connectivity index (χ0) is 11.6. The van der Waals surface area contributed by atoms with Gasteiger partial charge in [0.1, 0.15) is 6.61 Å². The Labute approximate surface area is 94.3 Å². The summed E-state index contributed by atoms with van der Waals surface area (Å²) in [4.78, 5) is 15.7. The van der Waals surface area contributed by atoms with Crippen molar-refractivity contribution in [3.8, 4) is 0 Å². The number of carbonyl (C=O) groups excluding carboxylic acids is 1. The van der Waals surface area contributed by atoms with Gasteiger partial charge in [0.2, 0.25) is 0 Å². The minimum atomic E-state index is -0.107. The second-order valence-electron chi connectivity index (χ2n) is 4.41. The number of allylic oxidation sites excluding steroid dienone is 1. The van der Waals surface area contributed by atoms with E-state index in [1.807, 2.05) is 13.8 Å². The smallest absolute Gasteiger partial charge is 0.191 e. The number of hydrogen-bond donors (Lipinski definition) is 1. The third-order valence-corrected chi connectivity index (χ3v) is 2.28. The average molecular weight is 218 g/mol. The molecule has 2 rings (SSSR count). The van der Waals surface area contributed by atoms with E-state index in [2.05, 4.69) is 10.3 Å². The molecule has 0 bridgehead atoms. The van der Waals surface area contributed by atoms with Gasteiger partial charge < -0.3 is 10.1 Å². The van der Waals surface area contributed by atoms with E-state index in [4.69, 9.17) is 4.74 Å². The first-order valence-corrected chi connectivity index (χ1v) is 5.14. The van der Waals surface area contributed by atoms with Gasteiger partial charge in [0.05, 0.1) is 5.54 Å².